The van der Waals surface area contributed by atoms with Crippen molar-refractivity contribution in [3.63, 3.8) is 0 Å². The zero-order chi connectivity index (χ0) is 10.4. The van der Waals surface area contributed by atoms with E-state index in [9.17, 15) is 0 Å². The highest BCUT2D eigenvalue weighted by molar-refractivity contribution is 5.56. The average Bonchev–Trinajstić information content (AvgIpc) is 2.26. The molecular weight excluding hydrogens is 174 g/mol. The number of terminal acetylenes is 1. The van der Waals surface area contributed by atoms with Crippen molar-refractivity contribution in [2.24, 2.45) is 0 Å². The molecule has 1 aromatic heterocycles. The summed E-state index contributed by atoms with van der Waals surface area (Å²) in [7, 11) is 0. The number of hydrogen-bond donors (Lipinski definition) is 0. The maximum absolute atomic E-state index is 8.84. The van der Waals surface area contributed by atoms with Crippen molar-refractivity contribution in [3.05, 3.63) is 24.0 Å². The topological polar surface area (TPSA) is 39.9 Å². The molecule has 0 saturated carbocycles. The van der Waals surface area contributed by atoms with Gasteiger partial charge in [0.25, 0.3) is 0 Å². The van der Waals surface area contributed by atoms with Crippen molar-refractivity contribution in [3.8, 4) is 18.4 Å². The van der Waals surface area contributed by atoms with E-state index in [0.717, 1.165) is 12.2 Å². The van der Waals surface area contributed by atoms with Crippen LogP contribution in [0.1, 0.15) is 12.6 Å². The molecule has 1 aromatic rings. The van der Waals surface area contributed by atoms with Gasteiger partial charge >= 0.3 is 0 Å². The number of pyridine rings is 1. The molecule has 0 aliphatic heterocycles. The lowest BCUT2D eigenvalue weighted by atomic mass is 10.2. The van der Waals surface area contributed by atoms with Crippen LogP contribution in [0.4, 0.5) is 5.69 Å². The Bertz CT molecular complexity index is 384. The van der Waals surface area contributed by atoms with Crippen LogP contribution in [0.3, 0.4) is 0 Å². The van der Waals surface area contributed by atoms with Gasteiger partial charge in [0, 0.05) is 12.7 Å². The monoisotopic (exact) mass is 185 g/mol. The summed E-state index contributed by atoms with van der Waals surface area (Å²) in [5.41, 5.74) is 1.22. The molecule has 0 bridgehead atoms. The SMILES string of the molecule is C#CCN(CC)c1cccnc1C#N. The van der Waals surface area contributed by atoms with Crippen LogP contribution in [0, 0.1) is 23.7 Å². The minimum Gasteiger partial charge on any atom is -0.358 e. The molecular formula is C11H11N3. The van der Waals surface area contributed by atoms with Gasteiger partial charge in [0.05, 0.1) is 12.2 Å². The van der Waals surface area contributed by atoms with E-state index in [0.29, 0.717) is 12.2 Å². The minimum atomic E-state index is 0.421. The first-order valence-corrected chi connectivity index (χ1v) is 4.37. The fourth-order valence-corrected chi connectivity index (χ4v) is 1.22. The van der Waals surface area contributed by atoms with Crippen molar-refractivity contribution in [1.29, 1.82) is 5.26 Å². The molecule has 3 heteroatoms. The van der Waals surface area contributed by atoms with Crippen LogP contribution in [-0.2, 0) is 0 Å². The summed E-state index contributed by atoms with van der Waals surface area (Å²) in [6.07, 6.45) is 6.84. The van der Waals surface area contributed by atoms with Crippen LogP contribution < -0.4 is 4.90 Å². The lowest BCUT2D eigenvalue weighted by Crippen LogP contribution is -2.23. The lowest BCUT2D eigenvalue weighted by molar-refractivity contribution is 0.909. The molecule has 0 fully saturated rings. The Hall–Kier alpha value is -2.00. The van der Waals surface area contributed by atoms with Gasteiger partial charge < -0.3 is 4.90 Å². The summed E-state index contributed by atoms with van der Waals surface area (Å²) in [5, 5.41) is 8.84. The second-order valence-corrected chi connectivity index (χ2v) is 2.70. The second kappa shape index (κ2) is 4.89. The molecule has 0 unspecified atom stereocenters. The third-order valence-corrected chi connectivity index (χ3v) is 1.90. The van der Waals surface area contributed by atoms with Crippen molar-refractivity contribution < 1.29 is 0 Å². The molecule has 1 rings (SSSR count). The van der Waals surface area contributed by atoms with E-state index in [1.165, 1.54) is 0 Å². The van der Waals surface area contributed by atoms with E-state index in [2.05, 4.69) is 10.9 Å². The molecule has 0 spiro atoms. The molecule has 14 heavy (non-hydrogen) atoms. The van der Waals surface area contributed by atoms with E-state index < -0.39 is 0 Å². The summed E-state index contributed by atoms with van der Waals surface area (Å²) in [6.45, 7) is 3.26. The summed E-state index contributed by atoms with van der Waals surface area (Å²) in [6, 6.07) is 5.70. The predicted octanol–water partition coefficient (Wildman–Crippen LogP) is 1.41. The number of nitriles is 1. The third-order valence-electron chi connectivity index (χ3n) is 1.90. The molecule has 70 valence electrons. The van der Waals surface area contributed by atoms with Gasteiger partial charge in [-0.15, -0.1) is 6.42 Å². The zero-order valence-corrected chi connectivity index (χ0v) is 8.07. The van der Waals surface area contributed by atoms with Gasteiger partial charge in [0.2, 0.25) is 0 Å². The van der Waals surface area contributed by atoms with Gasteiger partial charge in [-0.1, -0.05) is 5.92 Å². The van der Waals surface area contributed by atoms with Gasteiger partial charge in [-0.3, -0.25) is 0 Å². The van der Waals surface area contributed by atoms with Gasteiger partial charge in [0.15, 0.2) is 5.69 Å². The standard InChI is InChI=1S/C11H11N3/c1-3-8-14(4-2)11-6-5-7-13-10(11)9-12/h1,5-7H,4,8H2,2H3. The Morgan fingerprint density at radius 1 is 1.64 bits per heavy atom. The van der Waals surface area contributed by atoms with Crippen LogP contribution in [0.15, 0.2) is 18.3 Å². The summed E-state index contributed by atoms with van der Waals surface area (Å²) < 4.78 is 0. The predicted molar refractivity (Wildman–Crippen MR) is 55.7 cm³/mol. The number of aromatic nitrogens is 1. The van der Waals surface area contributed by atoms with Crippen molar-refractivity contribution in [2.75, 3.05) is 18.0 Å². The number of anilines is 1. The van der Waals surface area contributed by atoms with Gasteiger partial charge in [0.1, 0.15) is 6.07 Å². The van der Waals surface area contributed by atoms with Gasteiger partial charge in [-0.2, -0.15) is 5.26 Å². The Morgan fingerprint density at radius 2 is 2.43 bits per heavy atom. The quantitative estimate of drug-likeness (QED) is 0.668. The normalized spacial score (nSPS) is 8.79. The summed E-state index contributed by atoms with van der Waals surface area (Å²) in [4.78, 5) is 5.91. The van der Waals surface area contributed by atoms with E-state index in [4.69, 9.17) is 11.7 Å². The third kappa shape index (κ3) is 2.02. The van der Waals surface area contributed by atoms with E-state index in [-0.39, 0.29) is 0 Å². The molecule has 0 aromatic carbocycles. The maximum atomic E-state index is 8.84. The highest BCUT2D eigenvalue weighted by atomic mass is 15.1. The Kier molecular flexibility index (Phi) is 3.52. The lowest BCUT2D eigenvalue weighted by Gasteiger charge is -2.20. The second-order valence-electron chi connectivity index (χ2n) is 2.70. The first-order chi connectivity index (χ1) is 6.83. The molecule has 1 heterocycles. The van der Waals surface area contributed by atoms with Crippen LogP contribution in [-0.4, -0.2) is 18.1 Å². The van der Waals surface area contributed by atoms with Crippen LogP contribution >= 0.6 is 0 Å². The highest BCUT2D eigenvalue weighted by Crippen LogP contribution is 2.16. The molecule has 0 N–H and O–H groups in total. The fourth-order valence-electron chi connectivity index (χ4n) is 1.22. The van der Waals surface area contributed by atoms with Crippen molar-refractivity contribution in [2.45, 2.75) is 6.92 Å². The average molecular weight is 185 g/mol. The molecule has 0 aliphatic carbocycles. The minimum absolute atomic E-state index is 0.421. The molecule has 0 radical (unpaired) electrons. The van der Waals surface area contributed by atoms with E-state index in [1.54, 1.807) is 12.3 Å². The maximum Gasteiger partial charge on any atom is 0.163 e. The summed E-state index contributed by atoms with van der Waals surface area (Å²) >= 11 is 0. The highest BCUT2D eigenvalue weighted by Gasteiger charge is 2.08. The number of hydrogen-bond acceptors (Lipinski definition) is 3. The number of rotatable bonds is 3. The van der Waals surface area contributed by atoms with Crippen LogP contribution in [0.25, 0.3) is 0 Å². The summed E-state index contributed by atoms with van der Waals surface area (Å²) in [5.74, 6) is 2.56. The molecule has 0 amide bonds. The van der Waals surface area contributed by atoms with Gasteiger partial charge in [-0.25, -0.2) is 4.98 Å². The molecule has 3 nitrogen and oxygen atoms in total. The Morgan fingerprint density at radius 3 is 3.00 bits per heavy atom. The van der Waals surface area contributed by atoms with E-state index >= 15 is 0 Å². The number of nitrogens with zero attached hydrogens (tertiary/aromatic N) is 3. The fraction of sp³-hybridized carbons (Fsp3) is 0.273. The smallest absolute Gasteiger partial charge is 0.163 e. The Balaban J connectivity index is 3.05. The molecule has 0 aliphatic rings. The van der Waals surface area contributed by atoms with Crippen LogP contribution in [0.5, 0.6) is 0 Å². The first-order valence-electron chi connectivity index (χ1n) is 4.37. The largest absolute Gasteiger partial charge is 0.358 e. The van der Waals surface area contributed by atoms with Crippen LogP contribution in [0.2, 0.25) is 0 Å². The van der Waals surface area contributed by atoms with Crippen molar-refractivity contribution in [1.82, 2.24) is 4.98 Å². The molecule has 0 atom stereocenters. The zero-order valence-electron chi connectivity index (χ0n) is 8.07. The Labute approximate surface area is 84.0 Å². The molecule has 0 saturated heterocycles. The van der Waals surface area contributed by atoms with E-state index in [1.807, 2.05) is 24.0 Å². The van der Waals surface area contributed by atoms with Crippen molar-refractivity contribution >= 4 is 5.69 Å². The van der Waals surface area contributed by atoms with Gasteiger partial charge in [-0.05, 0) is 19.1 Å². The first kappa shape index (κ1) is 10.1.